The lowest BCUT2D eigenvalue weighted by Crippen LogP contribution is -2.24. The molecule has 0 saturated heterocycles. The Morgan fingerprint density at radius 1 is 0.929 bits per heavy atom. The largest absolute Gasteiger partial charge is 0.489 e. The van der Waals surface area contributed by atoms with E-state index < -0.39 is 0 Å². The fraction of sp³-hybridized carbons (Fsp3) is 0.0909. The SMILES string of the molecule is O=C(COc1ccccc1Cl)N/N=C\c1ccc(OCc2ccccc2)cc1. The molecule has 3 rings (SSSR count). The molecule has 0 spiro atoms. The normalized spacial score (nSPS) is 10.6. The Kier molecular flexibility index (Phi) is 7.04. The molecular formula is C22H19ClN2O3. The third-order valence-electron chi connectivity index (χ3n) is 3.73. The topological polar surface area (TPSA) is 59.9 Å². The quantitative estimate of drug-likeness (QED) is 0.453. The first kappa shape index (κ1) is 19.5. The zero-order valence-electron chi connectivity index (χ0n) is 15.0. The lowest BCUT2D eigenvalue weighted by molar-refractivity contribution is -0.123. The van der Waals surface area contributed by atoms with Crippen LogP contribution in [-0.4, -0.2) is 18.7 Å². The number of para-hydroxylation sites is 1. The molecule has 5 nitrogen and oxygen atoms in total. The highest BCUT2D eigenvalue weighted by atomic mass is 35.5. The van der Waals surface area contributed by atoms with Gasteiger partial charge < -0.3 is 9.47 Å². The van der Waals surface area contributed by atoms with Gasteiger partial charge >= 0.3 is 0 Å². The number of hydrogen-bond donors (Lipinski definition) is 1. The first-order valence-electron chi connectivity index (χ1n) is 8.67. The number of hydrazone groups is 1. The summed E-state index contributed by atoms with van der Waals surface area (Å²) in [6.45, 7) is 0.336. The van der Waals surface area contributed by atoms with Gasteiger partial charge in [0, 0.05) is 0 Å². The van der Waals surface area contributed by atoms with Crippen LogP contribution in [0.25, 0.3) is 0 Å². The Morgan fingerprint density at radius 2 is 1.64 bits per heavy atom. The Balaban J connectivity index is 1.42. The van der Waals surface area contributed by atoms with Gasteiger partial charge in [0.25, 0.3) is 5.91 Å². The molecule has 0 aromatic heterocycles. The van der Waals surface area contributed by atoms with Crippen LogP contribution in [0.2, 0.25) is 5.02 Å². The van der Waals surface area contributed by atoms with Crippen LogP contribution in [0, 0.1) is 0 Å². The molecule has 0 unspecified atom stereocenters. The summed E-state index contributed by atoms with van der Waals surface area (Å²) in [6, 6.07) is 24.3. The van der Waals surface area contributed by atoms with Crippen molar-refractivity contribution in [3.63, 3.8) is 0 Å². The van der Waals surface area contributed by atoms with Gasteiger partial charge in [-0.25, -0.2) is 5.43 Å². The van der Waals surface area contributed by atoms with E-state index in [1.807, 2.05) is 54.6 Å². The van der Waals surface area contributed by atoms with Crippen molar-refractivity contribution in [1.82, 2.24) is 5.43 Å². The lowest BCUT2D eigenvalue weighted by Gasteiger charge is -2.07. The summed E-state index contributed by atoms with van der Waals surface area (Å²) >= 11 is 5.97. The summed E-state index contributed by atoms with van der Waals surface area (Å²) in [5, 5.41) is 4.37. The molecule has 0 radical (unpaired) electrons. The molecule has 0 atom stereocenters. The number of nitrogens with one attached hydrogen (secondary N) is 1. The van der Waals surface area contributed by atoms with E-state index in [0.29, 0.717) is 17.4 Å². The number of rotatable bonds is 8. The molecule has 0 heterocycles. The highest BCUT2D eigenvalue weighted by Gasteiger charge is 2.04. The minimum Gasteiger partial charge on any atom is -0.489 e. The minimum atomic E-state index is -0.376. The molecule has 142 valence electrons. The minimum absolute atomic E-state index is 0.173. The molecule has 3 aromatic rings. The Bertz CT molecular complexity index is 928. The van der Waals surface area contributed by atoms with E-state index >= 15 is 0 Å². The highest BCUT2D eigenvalue weighted by molar-refractivity contribution is 6.32. The number of halogens is 1. The molecule has 3 aromatic carbocycles. The van der Waals surface area contributed by atoms with Crippen LogP contribution < -0.4 is 14.9 Å². The predicted molar refractivity (Wildman–Crippen MR) is 110 cm³/mol. The fourth-order valence-corrected chi connectivity index (χ4v) is 2.50. The first-order chi connectivity index (χ1) is 13.7. The maximum atomic E-state index is 11.8. The number of hydrogen-bond acceptors (Lipinski definition) is 4. The van der Waals surface area contributed by atoms with E-state index in [1.165, 1.54) is 0 Å². The van der Waals surface area contributed by atoms with Crippen LogP contribution in [0.3, 0.4) is 0 Å². The van der Waals surface area contributed by atoms with Gasteiger partial charge in [0.15, 0.2) is 6.61 Å². The number of carbonyl (C=O) groups is 1. The van der Waals surface area contributed by atoms with E-state index in [9.17, 15) is 4.79 Å². The lowest BCUT2D eigenvalue weighted by atomic mass is 10.2. The zero-order chi connectivity index (χ0) is 19.6. The smallest absolute Gasteiger partial charge is 0.277 e. The van der Waals surface area contributed by atoms with E-state index in [4.69, 9.17) is 21.1 Å². The van der Waals surface area contributed by atoms with Crippen molar-refractivity contribution in [1.29, 1.82) is 0 Å². The van der Waals surface area contributed by atoms with Crippen molar-refractivity contribution in [2.75, 3.05) is 6.61 Å². The number of amides is 1. The monoisotopic (exact) mass is 394 g/mol. The fourth-order valence-electron chi connectivity index (χ4n) is 2.31. The molecule has 6 heteroatoms. The van der Waals surface area contributed by atoms with E-state index in [1.54, 1.807) is 30.5 Å². The van der Waals surface area contributed by atoms with Gasteiger partial charge in [-0.05, 0) is 47.5 Å². The van der Waals surface area contributed by atoms with Gasteiger partial charge in [-0.2, -0.15) is 5.10 Å². The standard InChI is InChI=1S/C22H19ClN2O3/c23-20-8-4-5-9-21(20)28-16-22(26)25-24-14-17-10-12-19(13-11-17)27-15-18-6-2-1-3-7-18/h1-14H,15-16H2,(H,25,26)/b24-14-. The van der Waals surface area contributed by atoms with Gasteiger partial charge in [-0.1, -0.05) is 54.1 Å². The van der Waals surface area contributed by atoms with Gasteiger partial charge in [0.05, 0.1) is 11.2 Å². The van der Waals surface area contributed by atoms with Gasteiger partial charge in [-0.15, -0.1) is 0 Å². The molecule has 28 heavy (non-hydrogen) atoms. The van der Waals surface area contributed by atoms with Gasteiger partial charge in [-0.3, -0.25) is 4.79 Å². The number of benzene rings is 3. The van der Waals surface area contributed by atoms with Crippen molar-refractivity contribution >= 4 is 23.7 Å². The van der Waals surface area contributed by atoms with Crippen LogP contribution in [0.1, 0.15) is 11.1 Å². The average Bonchev–Trinajstić information content (AvgIpc) is 2.73. The average molecular weight is 395 g/mol. The van der Waals surface area contributed by atoms with E-state index in [0.717, 1.165) is 16.9 Å². The van der Waals surface area contributed by atoms with Crippen LogP contribution in [0.15, 0.2) is 84.0 Å². The first-order valence-corrected chi connectivity index (χ1v) is 9.04. The van der Waals surface area contributed by atoms with Crippen molar-refractivity contribution in [3.05, 3.63) is 95.0 Å². The predicted octanol–water partition coefficient (Wildman–Crippen LogP) is 4.45. The van der Waals surface area contributed by atoms with Gasteiger partial charge in [0.1, 0.15) is 18.1 Å². The molecule has 0 saturated carbocycles. The van der Waals surface area contributed by atoms with Crippen LogP contribution >= 0.6 is 11.6 Å². The van der Waals surface area contributed by atoms with E-state index in [2.05, 4.69) is 10.5 Å². The number of ether oxygens (including phenoxy) is 2. The number of nitrogens with zero attached hydrogens (tertiary/aromatic N) is 1. The van der Waals surface area contributed by atoms with Gasteiger partial charge in [0.2, 0.25) is 0 Å². The summed E-state index contributed by atoms with van der Waals surface area (Å²) in [5.74, 6) is 0.839. The molecule has 0 bridgehead atoms. The second-order valence-electron chi connectivity index (χ2n) is 5.86. The summed E-state index contributed by atoms with van der Waals surface area (Å²) in [7, 11) is 0. The molecular weight excluding hydrogens is 376 g/mol. The summed E-state index contributed by atoms with van der Waals surface area (Å²) in [6.07, 6.45) is 1.55. The second kappa shape index (κ2) is 10.1. The maximum absolute atomic E-state index is 11.8. The Morgan fingerprint density at radius 3 is 2.39 bits per heavy atom. The van der Waals surface area contributed by atoms with Crippen LogP contribution in [0.5, 0.6) is 11.5 Å². The van der Waals surface area contributed by atoms with Crippen molar-refractivity contribution in [2.45, 2.75) is 6.61 Å². The Hall–Kier alpha value is -3.31. The third kappa shape index (κ3) is 6.14. The summed E-state index contributed by atoms with van der Waals surface area (Å²) in [4.78, 5) is 11.8. The van der Waals surface area contributed by atoms with Crippen molar-refractivity contribution in [3.8, 4) is 11.5 Å². The summed E-state index contributed by atoms with van der Waals surface area (Å²) in [5.41, 5.74) is 4.35. The van der Waals surface area contributed by atoms with E-state index in [-0.39, 0.29) is 12.5 Å². The maximum Gasteiger partial charge on any atom is 0.277 e. The summed E-state index contributed by atoms with van der Waals surface area (Å²) < 4.78 is 11.1. The number of carbonyl (C=O) groups excluding carboxylic acids is 1. The van der Waals surface area contributed by atoms with Crippen LogP contribution in [-0.2, 0) is 11.4 Å². The molecule has 1 amide bonds. The molecule has 0 aliphatic heterocycles. The Labute approximate surface area is 168 Å². The van der Waals surface area contributed by atoms with Crippen LogP contribution in [0.4, 0.5) is 0 Å². The second-order valence-corrected chi connectivity index (χ2v) is 6.26. The highest BCUT2D eigenvalue weighted by Crippen LogP contribution is 2.22. The third-order valence-corrected chi connectivity index (χ3v) is 4.04. The molecule has 0 aliphatic rings. The molecule has 0 fully saturated rings. The molecule has 1 N–H and O–H groups in total. The van der Waals surface area contributed by atoms with Crippen molar-refractivity contribution < 1.29 is 14.3 Å². The molecule has 0 aliphatic carbocycles. The zero-order valence-corrected chi connectivity index (χ0v) is 15.8. The van der Waals surface area contributed by atoms with Crippen molar-refractivity contribution in [2.24, 2.45) is 5.10 Å².